The molecule has 0 aliphatic carbocycles. The summed E-state index contributed by atoms with van der Waals surface area (Å²) in [7, 11) is 0. The van der Waals surface area contributed by atoms with Crippen molar-refractivity contribution in [3.05, 3.63) is 200 Å². The Hall–Kier alpha value is -7.89. The van der Waals surface area contributed by atoms with Crippen molar-refractivity contribution in [2.45, 2.75) is 0 Å². The van der Waals surface area contributed by atoms with Gasteiger partial charge in [-0.05, 0) is 60.7 Å². The van der Waals surface area contributed by atoms with Crippen molar-refractivity contribution in [1.82, 2.24) is 23.3 Å². The lowest BCUT2D eigenvalue weighted by Crippen LogP contribution is -2.06. The molecule has 0 saturated heterocycles. The molecule has 0 N–H and O–H groups in total. The number of pyridine rings is 1. The molecule has 0 atom stereocenters. The molecule has 0 spiro atoms. The van der Waals surface area contributed by atoms with Gasteiger partial charge in [0.2, 0.25) is 0 Å². The van der Waals surface area contributed by atoms with Crippen LogP contribution in [0.2, 0.25) is 0 Å². The van der Waals surface area contributed by atoms with E-state index in [0.29, 0.717) is 0 Å². The molecule has 5 heterocycles. The fraction of sp³-hybridized carbons (Fsp3) is 0. The van der Waals surface area contributed by atoms with Crippen molar-refractivity contribution in [2.75, 3.05) is 0 Å². The molecule has 5 heteroatoms. The molecule has 5 aromatic heterocycles. The van der Waals surface area contributed by atoms with Crippen LogP contribution in [0.5, 0.6) is 0 Å². The van der Waals surface area contributed by atoms with E-state index >= 15 is 0 Å². The molecule has 0 radical (unpaired) electrons. The predicted molar refractivity (Wildman–Crippen MR) is 242 cm³/mol. The molecule has 13 aromatic rings. The highest BCUT2D eigenvalue weighted by atomic mass is 15.1. The van der Waals surface area contributed by atoms with Gasteiger partial charge in [0.05, 0.1) is 49.8 Å². The summed E-state index contributed by atoms with van der Waals surface area (Å²) in [6, 6.07) is 72.4. The Morgan fingerprint density at radius 3 is 0.897 bits per heavy atom. The van der Waals surface area contributed by atoms with Gasteiger partial charge in [-0.2, -0.15) is 0 Å². The van der Waals surface area contributed by atoms with Gasteiger partial charge in [-0.3, -0.25) is 9.13 Å². The number of benzene rings is 8. The van der Waals surface area contributed by atoms with Crippen LogP contribution in [0.15, 0.2) is 200 Å². The minimum Gasteiger partial charge on any atom is -0.309 e. The van der Waals surface area contributed by atoms with E-state index in [1.165, 1.54) is 54.1 Å². The van der Waals surface area contributed by atoms with Crippen molar-refractivity contribution >= 4 is 87.2 Å². The second-order valence-electron chi connectivity index (χ2n) is 15.2. The van der Waals surface area contributed by atoms with Crippen molar-refractivity contribution in [2.24, 2.45) is 0 Å². The normalized spacial score (nSPS) is 12.1. The van der Waals surface area contributed by atoms with Crippen LogP contribution >= 0.6 is 0 Å². The average molecular weight is 740 g/mol. The largest absolute Gasteiger partial charge is 0.309 e. The van der Waals surface area contributed by atoms with E-state index < -0.39 is 0 Å². The summed E-state index contributed by atoms with van der Waals surface area (Å²) in [6.07, 6.45) is 0. The first-order valence-electron chi connectivity index (χ1n) is 19.8. The number of hydrogen-bond donors (Lipinski definition) is 0. The zero-order valence-corrected chi connectivity index (χ0v) is 31.3. The number of hydrogen-bond acceptors (Lipinski definition) is 1. The Morgan fingerprint density at radius 2 is 0.517 bits per heavy atom. The first kappa shape index (κ1) is 31.3. The second-order valence-corrected chi connectivity index (χ2v) is 15.2. The smallest absolute Gasteiger partial charge is 0.142 e. The van der Waals surface area contributed by atoms with Gasteiger partial charge in [-0.1, -0.05) is 127 Å². The second kappa shape index (κ2) is 11.8. The molecule has 0 saturated carbocycles. The molecule has 0 aliphatic rings. The summed E-state index contributed by atoms with van der Waals surface area (Å²) in [6.45, 7) is 0. The molecule has 5 nitrogen and oxygen atoms in total. The number of nitrogens with zero attached hydrogens (tertiary/aromatic N) is 5. The lowest BCUT2D eigenvalue weighted by atomic mass is 10.1. The summed E-state index contributed by atoms with van der Waals surface area (Å²) in [5.74, 6) is 1.72. The summed E-state index contributed by atoms with van der Waals surface area (Å²) in [5, 5.41) is 9.68. The summed E-state index contributed by atoms with van der Waals surface area (Å²) < 4.78 is 9.54. The van der Waals surface area contributed by atoms with Gasteiger partial charge in [0.15, 0.2) is 0 Å². The number of para-hydroxylation sites is 7. The highest BCUT2D eigenvalue weighted by Crippen LogP contribution is 2.41. The molecular formula is C53H33N5. The van der Waals surface area contributed by atoms with Crippen LogP contribution in [-0.2, 0) is 0 Å². The third kappa shape index (κ3) is 4.27. The standard InChI is InChI=1S/C53H33N5/c1-2-16-34(17-3-1)55-44-24-10-8-22-40(44)42-33-51-43(32-50(42)55)41-23-9-11-25-45(41)56(51)35-30-52(57-46-26-12-4-18-36(46)37-19-5-13-27-47(37)57)54-53(31-35)58-48-28-14-6-20-38(48)39-21-7-15-29-49(39)58/h1-33H. The van der Waals surface area contributed by atoms with Crippen LogP contribution < -0.4 is 0 Å². The monoisotopic (exact) mass is 739 g/mol. The molecular weight excluding hydrogens is 707 g/mol. The molecule has 0 aliphatic heterocycles. The van der Waals surface area contributed by atoms with Crippen LogP contribution in [-0.4, -0.2) is 23.3 Å². The van der Waals surface area contributed by atoms with Gasteiger partial charge in [0, 0.05) is 60.9 Å². The van der Waals surface area contributed by atoms with Crippen molar-refractivity contribution < 1.29 is 0 Å². The zero-order valence-electron chi connectivity index (χ0n) is 31.3. The molecule has 0 amide bonds. The first-order chi connectivity index (χ1) is 28.8. The zero-order chi connectivity index (χ0) is 37.9. The number of aromatic nitrogens is 5. The fourth-order valence-electron chi connectivity index (χ4n) is 9.75. The van der Waals surface area contributed by atoms with E-state index in [1.807, 2.05) is 0 Å². The lowest BCUT2D eigenvalue weighted by Gasteiger charge is -2.16. The van der Waals surface area contributed by atoms with Crippen molar-refractivity contribution in [1.29, 1.82) is 0 Å². The maximum atomic E-state index is 5.63. The topological polar surface area (TPSA) is 32.6 Å². The van der Waals surface area contributed by atoms with Crippen molar-refractivity contribution in [3.8, 4) is 23.0 Å². The first-order valence-corrected chi connectivity index (χ1v) is 19.8. The molecule has 0 fully saturated rings. The van der Waals surface area contributed by atoms with E-state index in [0.717, 1.165) is 56.1 Å². The maximum Gasteiger partial charge on any atom is 0.142 e. The van der Waals surface area contributed by atoms with Crippen molar-refractivity contribution in [3.63, 3.8) is 0 Å². The molecule has 8 aromatic carbocycles. The average Bonchev–Trinajstić information content (AvgIpc) is 4.01. The van der Waals surface area contributed by atoms with Gasteiger partial charge in [-0.15, -0.1) is 0 Å². The Bertz CT molecular complexity index is 3560. The quantitative estimate of drug-likeness (QED) is 0.177. The molecule has 270 valence electrons. The highest BCUT2D eigenvalue weighted by molar-refractivity contribution is 6.19. The number of fused-ring (bicyclic) bond motifs is 12. The summed E-state index contributed by atoms with van der Waals surface area (Å²) in [5.41, 5.74) is 11.4. The van der Waals surface area contributed by atoms with Crippen LogP contribution in [0.4, 0.5) is 0 Å². The van der Waals surface area contributed by atoms with Gasteiger partial charge < -0.3 is 9.13 Å². The Morgan fingerprint density at radius 1 is 0.224 bits per heavy atom. The van der Waals surface area contributed by atoms with Gasteiger partial charge in [-0.25, -0.2) is 4.98 Å². The molecule has 13 rings (SSSR count). The maximum absolute atomic E-state index is 5.63. The fourth-order valence-corrected chi connectivity index (χ4v) is 9.75. The minimum absolute atomic E-state index is 0.861. The third-order valence-electron chi connectivity index (χ3n) is 12.1. The molecule has 0 bridgehead atoms. The summed E-state index contributed by atoms with van der Waals surface area (Å²) in [4.78, 5) is 5.63. The van der Waals surface area contributed by atoms with Gasteiger partial charge >= 0.3 is 0 Å². The van der Waals surface area contributed by atoms with E-state index in [2.05, 4.69) is 218 Å². The van der Waals surface area contributed by atoms with E-state index in [9.17, 15) is 0 Å². The lowest BCUT2D eigenvalue weighted by molar-refractivity contribution is 0.997. The Kier molecular flexibility index (Phi) is 6.38. The Labute approximate surface area is 332 Å². The third-order valence-corrected chi connectivity index (χ3v) is 12.1. The van der Waals surface area contributed by atoms with Crippen LogP contribution in [0.25, 0.3) is 110 Å². The SMILES string of the molecule is c1ccc(-n2c3ccccc3c3cc4c(cc32)c2ccccc2n4-c2cc(-n3c4ccccc4c4ccccc43)nc(-n3c4ccccc4c4ccccc43)c2)cc1. The van der Waals surface area contributed by atoms with Gasteiger partial charge in [0.25, 0.3) is 0 Å². The predicted octanol–water partition coefficient (Wildman–Crippen LogP) is 13.5. The van der Waals surface area contributed by atoms with Crippen LogP contribution in [0.1, 0.15) is 0 Å². The highest BCUT2D eigenvalue weighted by Gasteiger charge is 2.22. The Balaban J connectivity index is 1.18. The minimum atomic E-state index is 0.861. The van der Waals surface area contributed by atoms with Crippen LogP contribution in [0, 0.1) is 0 Å². The van der Waals surface area contributed by atoms with Gasteiger partial charge in [0.1, 0.15) is 11.6 Å². The van der Waals surface area contributed by atoms with E-state index in [-0.39, 0.29) is 0 Å². The van der Waals surface area contributed by atoms with E-state index in [4.69, 9.17) is 4.98 Å². The molecule has 0 unspecified atom stereocenters. The number of rotatable bonds is 4. The van der Waals surface area contributed by atoms with Crippen LogP contribution in [0.3, 0.4) is 0 Å². The van der Waals surface area contributed by atoms with E-state index in [1.54, 1.807) is 0 Å². The molecule has 58 heavy (non-hydrogen) atoms. The summed E-state index contributed by atoms with van der Waals surface area (Å²) >= 11 is 0.